The molecular formula is C22H24Cl2N2O3. The quantitative estimate of drug-likeness (QED) is 0.601. The number of carbonyl (C=O) groups excluding carboxylic acids is 1. The zero-order valence-electron chi connectivity index (χ0n) is 16.1. The van der Waals surface area contributed by atoms with E-state index < -0.39 is 0 Å². The van der Waals surface area contributed by atoms with Crippen molar-refractivity contribution in [2.24, 2.45) is 5.92 Å². The molecule has 29 heavy (non-hydrogen) atoms. The van der Waals surface area contributed by atoms with Gasteiger partial charge in [-0.2, -0.15) is 0 Å². The Labute approximate surface area is 181 Å². The van der Waals surface area contributed by atoms with Crippen LogP contribution in [0.2, 0.25) is 10.0 Å². The number of benzene rings is 2. The number of nitrogens with one attached hydrogen (secondary N) is 1. The minimum Gasteiger partial charge on any atom is -0.487 e. The molecule has 1 fully saturated rings. The van der Waals surface area contributed by atoms with Gasteiger partial charge in [0.15, 0.2) is 6.61 Å². The lowest BCUT2D eigenvalue weighted by Gasteiger charge is -2.39. The fourth-order valence-electron chi connectivity index (χ4n) is 2.93. The molecule has 0 radical (unpaired) electrons. The van der Waals surface area contributed by atoms with E-state index >= 15 is 0 Å². The minimum atomic E-state index is 0.00457. The Hall–Kier alpha value is -2.37. The molecule has 0 unspecified atom stereocenters. The fourth-order valence-corrected chi connectivity index (χ4v) is 3.18. The van der Waals surface area contributed by atoms with E-state index in [0.29, 0.717) is 28.3 Å². The van der Waals surface area contributed by atoms with Gasteiger partial charge >= 0.3 is 0 Å². The van der Waals surface area contributed by atoms with Crippen molar-refractivity contribution in [3.05, 3.63) is 70.9 Å². The number of nitrogens with zero attached hydrogens (tertiary/aromatic N) is 1. The van der Waals surface area contributed by atoms with E-state index in [2.05, 4.69) is 11.9 Å². The first-order chi connectivity index (χ1) is 14.0. The van der Waals surface area contributed by atoms with Crippen molar-refractivity contribution in [3.63, 3.8) is 0 Å². The van der Waals surface area contributed by atoms with Gasteiger partial charge in [-0.3, -0.25) is 4.79 Å². The molecule has 3 rings (SSSR count). The Morgan fingerprint density at radius 2 is 1.48 bits per heavy atom. The molecule has 0 bridgehead atoms. The van der Waals surface area contributed by atoms with Crippen molar-refractivity contribution in [2.75, 3.05) is 32.8 Å². The number of carbonyl (C=O) groups is 1. The van der Waals surface area contributed by atoms with Gasteiger partial charge in [-0.1, -0.05) is 29.8 Å². The summed E-state index contributed by atoms with van der Waals surface area (Å²) in [6.07, 6.45) is 0.974. The third-order valence-electron chi connectivity index (χ3n) is 4.64. The molecule has 1 aliphatic heterocycles. The van der Waals surface area contributed by atoms with Crippen LogP contribution in [-0.2, 0) is 4.79 Å². The van der Waals surface area contributed by atoms with Crippen LogP contribution >= 0.6 is 23.2 Å². The van der Waals surface area contributed by atoms with Crippen molar-refractivity contribution in [2.45, 2.75) is 6.42 Å². The maximum Gasteiger partial charge on any atom is 0.260 e. The lowest BCUT2D eigenvalue weighted by Crippen LogP contribution is -2.52. The largest absolute Gasteiger partial charge is 0.487 e. The summed E-state index contributed by atoms with van der Waals surface area (Å²) in [5.74, 6) is 1.89. The van der Waals surface area contributed by atoms with Crippen LogP contribution in [0.4, 0.5) is 0 Å². The first kappa shape index (κ1) is 21.3. The summed E-state index contributed by atoms with van der Waals surface area (Å²) in [6.45, 7) is 6.75. The second-order valence-electron chi connectivity index (χ2n) is 6.97. The lowest BCUT2D eigenvalue weighted by molar-refractivity contribution is -0.139. The van der Waals surface area contributed by atoms with Crippen molar-refractivity contribution >= 4 is 29.1 Å². The predicted octanol–water partition coefficient (Wildman–Crippen LogP) is 4.40. The number of hydrogen-bond donors (Lipinski definition) is 1. The molecule has 0 atom stereocenters. The van der Waals surface area contributed by atoms with Gasteiger partial charge in [-0.25, -0.2) is 0 Å². The molecule has 1 amide bonds. The lowest BCUT2D eigenvalue weighted by atomic mass is 9.96. The highest BCUT2D eigenvalue weighted by molar-refractivity contribution is 6.30. The molecule has 2 aromatic rings. The molecule has 0 aromatic heterocycles. The molecule has 0 aliphatic carbocycles. The second kappa shape index (κ2) is 10.4. The number of hydrogen-bond acceptors (Lipinski definition) is 4. The normalized spacial score (nSPS) is 13.5. The highest BCUT2D eigenvalue weighted by Gasteiger charge is 2.30. The van der Waals surface area contributed by atoms with Crippen LogP contribution in [0.3, 0.4) is 0 Å². The van der Waals surface area contributed by atoms with E-state index in [-0.39, 0.29) is 12.5 Å². The first-order valence-electron chi connectivity index (χ1n) is 9.46. The van der Waals surface area contributed by atoms with Crippen molar-refractivity contribution in [1.82, 2.24) is 10.2 Å². The number of amides is 1. The van der Waals surface area contributed by atoms with Crippen molar-refractivity contribution in [3.8, 4) is 11.5 Å². The molecule has 154 valence electrons. The smallest absolute Gasteiger partial charge is 0.260 e. The summed E-state index contributed by atoms with van der Waals surface area (Å²) in [7, 11) is 0. The van der Waals surface area contributed by atoms with Crippen LogP contribution in [0.25, 0.3) is 0 Å². The summed E-state index contributed by atoms with van der Waals surface area (Å²) < 4.78 is 11.1. The number of rotatable bonds is 10. The molecule has 1 heterocycles. The van der Waals surface area contributed by atoms with Gasteiger partial charge in [0.05, 0.1) is 0 Å². The summed E-state index contributed by atoms with van der Waals surface area (Å²) in [4.78, 5) is 14.0. The zero-order chi connectivity index (χ0) is 20.6. The Morgan fingerprint density at radius 1 is 0.966 bits per heavy atom. The van der Waals surface area contributed by atoms with E-state index in [0.717, 1.165) is 37.5 Å². The van der Waals surface area contributed by atoms with Gasteiger partial charge in [0, 0.05) is 35.4 Å². The second-order valence-corrected chi connectivity index (χ2v) is 7.84. The van der Waals surface area contributed by atoms with Crippen LogP contribution in [0.1, 0.15) is 6.42 Å². The SMILES string of the molecule is C=C(COc1ccc(Cl)cc1)NCCC1CN(C(=O)COc2ccc(Cl)cc2)C1. The van der Waals surface area contributed by atoms with Crippen LogP contribution in [0.15, 0.2) is 60.8 Å². The first-order valence-corrected chi connectivity index (χ1v) is 10.2. The molecule has 5 nitrogen and oxygen atoms in total. The number of halogens is 2. The Kier molecular flexibility index (Phi) is 7.67. The van der Waals surface area contributed by atoms with E-state index in [4.69, 9.17) is 32.7 Å². The van der Waals surface area contributed by atoms with Crippen LogP contribution < -0.4 is 14.8 Å². The Balaban J connectivity index is 1.25. The molecule has 0 spiro atoms. The summed E-state index contributed by atoms with van der Waals surface area (Å²) in [5, 5.41) is 4.59. The van der Waals surface area contributed by atoms with Gasteiger partial charge in [0.1, 0.15) is 18.1 Å². The summed E-state index contributed by atoms with van der Waals surface area (Å²) in [6, 6.07) is 14.2. The van der Waals surface area contributed by atoms with Crippen molar-refractivity contribution < 1.29 is 14.3 Å². The standard InChI is InChI=1S/C22H24Cl2N2O3/c1-16(14-28-20-6-2-18(23)3-7-20)25-11-10-17-12-26(13-17)22(27)15-29-21-8-4-19(24)5-9-21/h2-9,17,25H,1,10-15H2. The average Bonchev–Trinajstić information content (AvgIpc) is 2.68. The molecule has 2 aromatic carbocycles. The highest BCUT2D eigenvalue weighted by atomic mass is 35.5. The van der Waals surface area contributed by atoms with Gasteiger partial charge in [-0.15, -0.1) is 0 Å². The molecule has 7 heteroatoms. The molecule has 1 aliphatic rings. The molecule has 1 N–H and O–H groups in total. The Bertz CT molecular complexity index is 819. The van der Waals surface area contributed by atoms with Crippen molar-refractivity contribution in [1.29, 1.82) is 0 Å². The maximum atomic E-state index is 12.2. The Morgan fingerprint density at radius 3 is 2.03 bits per heavy atom. The molecular weight excluding hydrogens is 411 g/mol. The summed E-state index contributed by atoms with van der Waals surface area (Å²) >= 11 is 11.7. The summed E-state index contributed by atoms with van der Waals surface area (Å²) in [5.41, 5.74) is 0.823. The monoisotopic (exact) mass is 434 g/mol. The third-order valence-corrected chi connectivity index (χ3v) is 5.14. The van der Waals surface area contributed by atoms with Crippen LogP contribution in [0.5, 0.6) is 11.5 Å². The average molecular weight is 435 g/mol. The van der Waals surface area contributed by atoms with Crippen LogP contribution in [-0.4, -0.2) is 43.7 Å². The van der Waals surface area contributed by atoms with Crippen LogP contribution in [0, 0.1) is 5.92 Å². The third kappa shape index (κ3) is 6.87. The van der Waals surface area contributed by atoms with Gasteiger partial charge < -0.3 is 19.7 Å². The highest BCUT2D eigenvalue weighted by Crippen LogP contribution is 2.20. The topological polar surface area (TPSA) is 50.8 Å². The number of likely N-dealkylation sites (tertiary alicyclic amines) is 1. The molecule has 1 saturated heterocycles. The molecule has 0 saturated carbocycles. The maximum absolute atomic E-state index is 12.2. The van der Waals surface area contributed by atoms with E-state index in [9.17, 15) is 4.79 Å². The van der Waals surface area contributed by atoms with E-state index in [1.165, 1.54) is 0 Å². The van der Waals surface area contributed by atoms with E-state index in [1.54, 1.807) is 36.4 Å². The fraction of sp³-hybridized carbons (Fsp3) is 0.318. The van der Waals surface area contributed by atoms with E-state index in [1.807, 2.05) is 17.0 Å². The number of ether oxygens (including phenoxy) is 2. The minimum absolute atomic E-state index is 0.00457. The van der Waals surface area contributed by atoms with Gasteiger partial charge in [0.2, 0.25) is 0 Å². The predicted molar refractivity (Wildman–Crippen MR) is 116 cm³/mol. The zero-order valence-corrected chi connectivity index (χ0v) is 17.6. The van der Waals surface area contributed by atoms with Gasteiger partial charge in [-0.05, 0) is 60.9 Å². The van der Waals surface area contributed by atoms with Gasteiger partial charge in [0.25, 0.3) is 5.91 Å².